The summed E-state index contributed by atoms with van der Waals surface area (Å²) in [6, 6.07) is 4.02. The molecule has 0 aromatic carbocycles. The van der Waals surface area contributed by atoms with Gasteiger partial charge in [-0.2, -0.15) is 0 Å². The van der Waals surface area contributed by atoms with Crippen molar-refractivity contribution in [1.82, 2.24) is 4.90 Å². The summed E-state index contributed by atoms with van der Waals surface area (Å²) >= 11 is 0. The van der Waals surface area contributed by atoms with E-state index in [0.29, 0.717) is 0 Å². The van der Waals surface area contributed by atoms with Crippen LogP contribution in [0.1, 0.15) is 44.4 Å². The van der Waals surface area contributed by atoms with Crippen LogP contribution in [0.4, 0.5) is 0 Å². The maximum absolute atomic E-state index is 10.2. The van der Waals surface area contributed by atoms with Gasteiger partial charge in [0, 0.05) is 12.1 Å². The molecule has 1 aliphatic carbocycles. The van der Waals surface area contributed by atoms with Crippen LogP contribution in [0.3, 0.4) is 0 Å². The van der Waals surface area contributed by atoms with Crippen molar-refractivity contribution in [3.05, 3.63) is 24.2 Å². The molecule has 1 heterocycles. The average Bonchev–Trinajstić information content (AvgIpc) is 2.82. The van der Waals surface area contributed by atoms with E-state index in [2.05, 4.69) is 4.90 Å². The fourth-order valence-electron chi connectivity index (χ4n) is 3.06. The Hall–Kier alpha value is -0.840. The van der Waals surface area contributed by atoms with E-state index in [1.54, 1.807) is 6.26 Å². The van der Waals surface area contributed by atoms with Crippen molar-refractivity contribution in [3.8, 4) is 0 Å². The Labute approximate surface area is 109 Å². The summed E-state index contributed by atoms with van der Waals surface area (Å²) < 4.78 is 5.50. The van der Waals surface area contributed by atoms with Gasteiger partial charge in [0.1, 0.15) is 5.76 Å². The quantitative estimate of drug-likeness (QED) is 0.859. The van der Waals surface area contributed by atoms with Crippen molar-refractivity contribution in [2.45, 2.75) is 56.8 Å². The van der Waals surface area contributed by atoms with Gasteiger partial charge < -0.3 is 15.3 Å². The third kappa shape index (κ3) is 2.76. The van der Waals surface area contributed by atoms with Crippen LogP contribution in [-0.2, 0) is 0 Å². The van der Waals surface area contributed by atoms with E-state index in [0.717, 1.165) is 25.0 Å². The number of furan rings is 1. The average molecular weight is 252 g/mol. The van der Waals surface area contributed by atoms with Crippen LogP contribution in [0.25, 0.3) is 0 Å². The Kier molecular flexibility index (Phi) is 4.43. The van der Waals surface area contributed by atoms with E-state index >= 15 is 0 Å². The van der Waals surface area contributed by atoms with Crippen LogP contribution in [0.5, 0.6) is 0 Å². The molecule has 0 saturated heterocycles. The minimum absolute atomic E-state index is 0.0257. The number of nitrogens with two attached hydrogens (primary N) is 1. The highest BCUT2D eigenvalue weighted by atomic mass is 16.3. The van der Waals surface area contributed by atoms with Gasteiger partial charge in [0.2, 0.25) is 0 Å². The van der Waals surface area contributed by atoms with Gasteiger partial charge in [0.25, 0.3) is 0 Å². The summed E-state index contributed by atoms with van der Waals surface area (Å²) in [7, 11) is 2.04. The Morgan fingerprint density at radius 1 is 1.44 bits per heavy atom. The van der Waals surface area contributed by atoms with Crippen molar-refractivity contribution >= 4 is 0 Å². The Bertz CT molecular complexity index is 351. The van der Waals surface area contributed by atoms with E-state index in [4.69, 9.17) is 10.2 Å². The number of likely N-dealkylation sites (N-methyl/N-ethyl adjacent to an activating group) is 1. The zero-order valence-electron chi connectivity index (χ0n) is 11.2. The number of hydrogen-bond donors (Lipinski definition) is 2. The molecular formula is C14H24N2O2. The van der Waals surface area contributed by atoms with Gasteiger partial charge in [-0.1, -0.05) is 12.8 Å². The molecule has 4 atom stereocenters. The molecule has 18 heavy (non-hydrogen) atoms. The molecule has 0 radical (unpaired) electrons. The molecule has 2 rings (SSSR count). The number of nitrogens with zero attached hydrogens (tertiary/aromatic N) is 1. The fraction of sp³-hybridized carbons (Fsp3) is 0.714. The second kappa shape index (κ2) is 5.87. The lowest BCUT2D eigenvalue weighted by Crippen LogP contribution is -2.49. The summed E-state index contributed by atoms with van der Waals surface area (Å²) in [6.07, 6.45) is 5.64. The highest BCUT2D eigenvalue weighted by Crippen LogP contribution is 2.30. The maximum atomic E-state index is 10.2. The molecule has 0 bridgehead atoms. The number of aliphatic hydroxyl groups is 1. The molecule has 1 aromatic rings. The second-order valence-corrected chi connectivity index (χ2v) is 5.40. The molecule has 3 N–H and O–H groups in total. The van der Waals surface area contributed by atoms with Gasteiger partial charge in [0.15, 0.2) is 0 Å². The third-order valence-electron chi connectivity index (χ3n) is 3.99. The Morgan fingerprint density at radius 2 is 2.17 bits per heavy atom. The van der Waals surface area contributed by atoms with Crippen molar-refractivity contribution in [2.24, 2.45) is 5.73 Å². The number of hydrogen-bond acceptors (Lipinski definition) is 4. The summed E-state index contributed by atoms with van der Waals surface area (Å²) in [6.45, 7) is 1.99. The van der Waals surface area contributed by atoms with Crippen LogP contribution >= 0.6 is 0 Å². The lowest BCUT2D eigenvalue weighted by molar-refractivity contribution is 0.00340. The van der Waals surface area contributed by atoms with E-state index in [1.807, 2.05) is 26.1 Å². The van der Waals surface area contributed by atoms with Crippen LogP contribution < -0.4 is 5.73 Å². The van der Waals surface area contributed by atoms with Crippen molar-refractivity contribution in [2.75, 3.05) is 7.05 Å². The monoisotopic (exact) mass is 252 g/mol. The first-order valence-electron chi connectivity index (χ1n) is 6.80. The van der Waals surface area contributed by atoms with Crippen LogP contribution in [0.2, 0.25) is 0 Å². The molecule has 0 amide bonds. The lowest BCUT2D eigenvalue weighted by Gasteiger charge is -2.40. The topological polar surface area (TPSA) is 62.6 Å². The van der Waals surface area contributed by atoms with Crippen molar-refractivity contribution < 1.29 is 9.52 Å². The normalized spacial score (nSPS) is 28.3. The minimum Gasteiger partial charge on any atom is -0.468 e. The highest BCUT2D eigenvalue weighted by Gasteiger charge is 2.34. The number of aliphatic hydroxyl groups excluding tert-OH is 1. The molecule has 4 nitrogen and oxygen atoms in total. The van der Waals surface area contributed by atoms with Crippen LogP contribution in [0.15, 0.2) is 22.8 Å². The summed E-state index contributed by atoms with van der Waals surface area (Å²) in [5.41, 5.74) is 6.10. The van der Waals surface area contributed by atoms with E-state index < -0.39 is 0 Å². The van der Waals surface area contributed by atoms with Crippen molar-refractivity contribution in [1.29, 1.82) is 0 Å². The van der Waals surface area contributed by atoms with Gasteiger partial charge in [-0.25, -0.2) is 0 Å². The van der Waals surface area contributed by atoms with Gasteiger partial charge in [-0.05, 0) is 38.9 Å². The first-order chi connectivity index (χ1) is 8.61. The largest absolute Gasteiger partial charge is 0.468 e. The SMILES string of the molecule is CC(N)C(c1ccco1)N(C)C1CCCCC1O. The first kappa shape index (κ1) is 13.6. The van der Waals surface area contributed by atoms with Crippen LogP contribution in [0, 0.1) is 0 Å². The predicted octanol–water partition coefficient (Wildman–Crippen LogP) is 1.90. The van der Waals surface area contributed by atoms with Crippen LogP contribution in [-0.4, -0.2) is 35.2 Å². The van der Waals surface area contributed by atoms with Gasteiger partial charge >= 0.3 is 0 Å². The minimum atomic E-state index is -0.250. The smallest absolute Gasteiger partial charge is 0.122 e. The Balaban J connectivity index is 2.15. The van der Waals surface area contributed by atoms with E-state index in [9.17, 15) is 5.11 Å². The molecule has 4 heteroatoms. The number of rotatable bonds is 4. The third-order valence-corrected chi connectivity index (χ3v) is 3.99. The standard InChI is InChI=1S/C14H24N2O2/c1-10(15)14(13-8-5-9-18-13)16(2)11-6-3-4-7-12(11)17/h5,8-12,14,17H,3-4,6-7,15H2,1-2H3. The Morgan fingerprint density at radius 3 is 2.72 bits per heavy atom. The van der Waals surface area contributed by atoms with E-state index in [-0.39, 0.29) is 24.2 Å². The molecule has 1 aliphatic rings. The summed E-state index contributed by atoms with van der Waals surface area (Å²) in [4.78, 5) is 2.19. The highest BCUT2D eigenvalue weighted by molar-refractivity contribution is 5.08. The zero-order valence-corrected chi connectivity index (χ0v) is 11.2. The first-order valence-corrected chi connectivity index (χ1v) is 6.80. The lowest BCUT2D eigenvalue weighted by atomic mass is 9.89. The van der Waals surface area contributed by atoms with Gasteiger partial charge in [-0.3, -0.25) is 4.90 Å². The molecular weight excluding hydrogens is 228 g/mol. The predicted molar refractivity (Wildman–Crippen MR) is 71.1 cm³/mol. The fourth-order valence-corrected chi connectivity index (χ4v) is 3.06. The van der Waals surface area contributed by atoms with E-state index in [1.165, 1.54) is 6.42 Å². The van der Waals surface area contributed by atoms with Gasteiger partial charge in [0.05, 0.1) is 18.4 Å². The summed E-state index contributed by atoms with van der Waals surface area (Å²) in [5.74, 6) is 0.880. The zero-order chi connectivity index (χ0) is 13.1. The molecule has 1 aromatic heterocycles. The summed E-state index contributed by atoms with van der Waals surface area (Å²) in [5, 5.41) is 10.2. The molecule has 102 valence electrons. The molecule has 1 fully saturated rings. The van der Waals surface area contributed by atoms with Crippen molar-refractivity contribution in [3.63, 3.8) is 0 Å². The second-order valence-electron chi connectivity index (χ2n) is 5.40. The molecule has 1 saturated carbocycles. The molecule has 0 aliphatic heterocycles. The van der Waals surface area contributed by atoms with Gasteiger partial charge in [-0.15, -0.1) is 0 Å². The maximum Gasteiger partial charge on any atom is 0.122 e. The molecule has 0 spiro atoms. The molecule has 4 unspecified atom stereocenters.